The van der Waals surface area contributed by atoms with E-state index in [2.05, 4.69) is 38.0 Å². The number of hydrogen-bond acceptors (Lipinski definition) is 3. The molecule has 1 heterocycles. The third kappa shape index (κ3) is 3.92. The molecule has 0 aromatic carbocycles. The molecule has 0 spiro atoms. The van der Waals surface area contributed by atoms with Gasteiger partial charge in [0, 0.05) is 29.6 Å². The Kier molecular flexibility index (Phi) is 5.26. The lowest BCUT2D eigenvalue weighted by Gasteiger charge is -2.07. The molecule has 3 heteroatoms. The molecule has 0 fully saturated rings. The predicted octanol–water partition coefficient (Wildman–Crippen LogP) is 3.54. The van der Waals surface area contributed by atoms with Crippen molar-refractivity contribution in [1.82, 2.24) is 10.3 Å². The summed E-state index contributed by atoms with van der Waals surface area (Å²) in [4.78, 5) is 5.87. The summed E-state index contributed by atoms with van der Waals surface area (Å²) in [5.41, 5.74) is 0. The van der Waals surface area contributed by atoms with Gasteiger partial charge in [-0.1, -0.05) is 27.7 Å². The van der Waals surface area contributed by atoms with E-state index in [4.69, 9.17) is 0 Å². The highest BCUT2D eigenvalue weighted by atomic mass is 32.1. The molecule has 0 unspecified atom stereocenters. The number of aromatic nitrogens is 1. The van der Waals surface area contributed by atoms with E-state index < -0.39 is 0 Å². The third-order valence-corrected chi connectivity index (χ3v) is 3.75. The zero-order valence-electron chi connectivity index (χ0n) is 10.2. The molecular weight excluding hydrogens is 204 g/mol. The Labute approximate surface area is 97.1 Å². The fourth-order valence-electron chi connectivity index (χ4n) is 1.54. The van der Waals surface area contributed by atoms with E-state index in [1.54, 1.807) is 0 Å². The quantitative estimate of drug-likeness (QED) is 0.802. The van der Waals surface area contributed by atoms with E-state index in [0.29, 0.717) is 12.0 Å². The summed E-state index contributed by atoms with van der Waals surface area (Å²) in [6, 6.07) is 0.545. The van der Waals surface area contributed by atoms with Gasteiger partial charge in [0.2, 0.25) is 0 Å². The highest BCUT2D eigenvalue weighted by Crippen LogP contribution is 2.27. The van der Waals surface area contributed by atoms with Gasteiger partial charge < -0.3 is 5.32 Å². The van der Waals surface area contributed by atoms with Crippen LogP contribution < -0.4 is 5.32 Å². The van der Waals surface area contributed by atoms with Gasteiger partial charge in [-0.3, -0.25) is 0 Å². The van der Waals surface area contributed by atoms with Crippen LogP contribution in [0.1, 0.15) is 56.3 Å². The SMILES string of the molecule is CCC(CC)c1ncc(CNC(C)C)s1. The highest BCUT2D eigenvalue weighted by Gasteiger charge is 2.11. The van der Waals surface area contributed by atoms with Crippen molar-refractivity contribution in [1.29, 1.82) is 0 Å². The first-order valence-corrected chi connectivity index (χ1v) is 6.67. The van der Waals surface area contributed by atoms with Crippen LogP contribution in [-0.4, -0.2) is 11.0 Å². The number of rotatable bonds is 6. The molecule has 0 bridgehead atoms. The van der Waals surface area contributed by atoms with Gasteiger partial charge in [0.1, 0.15) is 0 Å². The Bertz CT molecular complexity index is 277. The lowest BCUT2D eigenvalue weighted by Crippen LogP contribution is -2.21. The Hall–Kier alpha value is -0.410. The summed E-state index contributed by atoms with van der Waals surface area (Å²) in [7, 11) is 0. The van der Waals surface area contributed by atoms with Crippen molar-refractivity contribution in [2.24, 2.45) is 0 Å². The minimum Gasteiger partial charge on any atom is -0.310 e. The van der Waals surface area contributed by atoms with Crippen LogP contribution in [0.15, 0.2) is 6.20 Å². The van der Waals surface area contributed by atoms with E-state index in [1.807, 2.05) is 17.5 Å². The van der Waals surface area contributed by atoms with E-state index in [9.17, 15) is 0 Å². The van der Waals surface area contributed by atoms with Crippen molar-refractivity contribution < 1.29 is 0 Å². The van der Waals surface area contributed by atoms with E-state index in [0.717, 1.165) is 6.54 Å². The molecule has 1 aromatic rings. The van der Waals surface area contributed by atoms with Crippen LogP contribution in [0.25, 0.3) is 0 Å². The molecular formula is C12H22N2S. The molecule has 0 saturated carbocycles. The van der Waals surface area contributed by atoms with E-state index in [1.165, 1.54) is 22.7 Å². The van der Waals surface area contributed by atoms with Gasteiger partial charge in [0.25, 0.3) is 0 Å². The molecule has 86 valence electrons. The maximum Gasteiger partial charge on any atom is 0.0958 e. The molecule has 1 rings (SSSR count). The second-order valence-corrected chi connectivity index (χ2v) is 5.36. The zero-order valence-corrected chi connectivity index (χ0v) is 11.0. The van der Waals surface area contributed by atoms with Crippen molar-refractivity contribution in [3.05, 3.63) is 16.1 Å². The Morgan fingerprint density at radius 1 is 1.33 bits per heavy atom. The normalized spacial score (nSPS) is 11.6. The van der Waals surface area contributed by atoms with Crippen molar-refractivity contribution in [2.75, 3.05) is 0 Å². The van der Waals surface area contributed by atoms with Crippen molar-refractivity contribution in [3.63, 3.8) is 0 Å². The van der Waals surface area contributed by atoms with Gasteiger partial charge in [-0.2, -0.15) is 0 Å². The summed E-state index contributed by atoms with van der Waals surface area (Å²) in [6.45, 7) is 9.77. The Morgan fingerprint density at radius 3 is 2.53 bits per heavy atom. The Morgan fingerprint density at radius 2 is 2.00 bits per heavy atom. The van der Waals surface area contributed by atoms with Crippen LogP contribution in [0.2, 0.25) is 0 Å². The standard InChI is InChI=1S/C12H22N2S/c1-5-10(6-2)12-14-8-11(15-12)7-13-9(3)4/h8-10,13H,5-7H2,1-4H3. The number of nitrogens with zero attached hydrogens (tertiary/aromatic N) is 1. The molecule has 0 aliphatic rings. The molecule has 0 amide bonds. The van der Waals surface area contributed by atoms with E-state index in [-0.39, 0.29) is 0 Å². The van der Waals surface area contributed by atoms with Gasteiger partial charge >= 0.3 is 0 Å². The predicted molar refractivity (Wildman–Crippen MR) is 67.4 cm³/mol. The van der Waals surface area contributed by atoms with Crippen molar-refractivity contribution in [2.45, 2.75) is 59.0 Å². The van der Waals surface area contributed by atoms with Crippen LogP contribution in [0.5, 0.6) is 0 Å². The smallest absolute Gasteiger partial charge is 0.0958 e. The van der Waals surface area contributed by atoms with Gasteiger partial charge in [-0.15, -0.1) is 11.3 Å². The number of hydrogen-bond donors (Lipinski definition) is 1. The molecule has 1 aromatic heterocycles. The maximum absolute atomic E-state index is 4.51. The summed E-state index contributed by atoms with van der Waals surface area (Å²) < 4.78 is 0. The molecule has 0 atom stereocenters. The topological polar surface area (TPSA) is 24.9 Å². The monoisotopic (exact) mass is 226 g/mol. The Balaban J connectivity index is 2.55. The first-order valence-electron chi connectivity index (χ1n) is 5.85. The van der Waals surface area contributed by atoms with Crippen LogP contribution in [-0.2, 0) is 6.54 Å². The van der Waals surface area contributed by atoms with Crippen molar-refractivity contribution >= 4 is 11.3 Å². The van der Waals surface area contributed by atoms with Gasteiger partial charge in [0.15, 0.2) is 0 Å². The zero-order chi connectivity index (χ0) is 11.3. The molecule has 0 radical (unpaired) electrons. The first kappa shape index (κ1) is 12.7. The molecule has 0 aliphatic heterocycles. The van der Waals surface area contributed by atoms with Gasteiger partial charge in [0.05, 0.1) is 5.01 Å². The summed E-state index contributed by atoms with van der Waals surface area (Å²) in [5.74, 6) is 0.655. The van der Waals surface area contributed by atoms with Gasteiger partial charge in [-0.05, 0) is 12.8 Å². The lowest BCUT2D eigenvalue weighted by molar-refractivity contribution is 0.593. The summed E-state index contributed by atoms with van der Waals surface area (Å²) in [5, 5.41) is 4.73. The van der Waals surface area contributed by atoms with Crippen LogP contribution in [0.4, 0.5) is 0 Å². The molecule has 15 heavy (non-hydrogen) atoms. The molecule has 1 N–H and O–H groups in total. The second kappa shape index (κ2) is 6.23. The number of thiazole rings is 1. The largest absolute Gasteiger partial charge is 0.310 e. The molecule has 0 aliphatic carbocycles. The fourth-order valence-corrected chi connectivity index (χ4v) is 2.67. The van der Waals surface area contributed by atoms with Crippen LogP contribution in [0.3, 0.4) is 0 Å². The summed E-state index contributed by atoms with van der Waals surface area (Å²) in [6.07, 6.45) is 4.41. The average molecular weight is 226 g/mol. The van der Waals surface area contributed by atoms with Crippen LogP contribution in [0, 0.1) is 0 Å². The number of nitrogens with one attached hydrogen (secondary N) is 1. The molecule has 2 nitrogen and oxygen atoms in total. The molecule has 0 saturated heterocycles. The fraction of sp³-hybridized carbons (Fsp3) is 0.750. The second-order valence-electron chi connectivity index (χ2n) is 4.21. The average Bonchev–Trinajstić information content (AvgIpc) is 2.65. The minimum absolute atomic E-state index is 0.545. The summed E-state index contributed by atoms with van der Waals surface area (Å²) >= 11 is 1.86. The van der Waals surface area contributed by atoms with Crippen LogP contribution >= 0.6 is 11.3 Å². The maximum atomic E-state index is 4.51. The third-order valence-electron chi connectivity index (χ3n) is 2.59. The van der Waals surface area contributed by atoms with Crippen molar-refractivity contribution in [3.8, 4) is 0 Å². The van der Waals surface area contributed by atoms with E-state index >= 15 is 0 Å². The lowest BCUT2D eigenvalue weighted by atomic mass is 10.1. The highest BCUT2D eigenvalue weighted by molar-refractivity contribution is 7.11. The first-order chi connectivity index (χ1) is 7.17. The van der Waals surface area contributed by atoms with Gasteiger partial charge in [-0.25, -0.2) is 4.98 Å². The minimum atomic E-state index is 0.545.